The minimum atomic E-state index is -5.64. The number of halogens is 6. The molecule has 8 aromatic rings. The fraction of sp³-hybridized carbons (Fsp3) is 0.0732. The predicted octanol–water partition coefficient (Wildman–Crippen LogP) is 12.3. The zero-order chi connectivity index (χ0) is 33.0. The molecule has 0 bridgehead atoms. The van der Waals surface area contributed by atoms with Crippen molar-refractivity contribution in [2.75, 3.05) is 0 Å². The van der Waals surface area contributed by atoms with Crippen LogP contribution < -0.4 is 0 Å². The molecular weight excluding hydrogens is 620 g/mol. The second-order valence-corrected chi connectivity index (χ2v) is 12.3. The molecule has 0 atom stereocenters. The zero-order valence-corrected chi connectivity index (χ0v) is 25.0. The third kappa shape index (κ3) is 3.70. The minimum Gasteiger partial charge on any atom is -0.309 e. The van der Waals surface area contributed by atoms with E-state index in [1.54, 1.807) is 54.6 Å². The van der Waals surface area contributed by atoms with E-state index in [-0.39, 0.29) is 21.5 Å². The molecule has 0 amide bonds. The maximum atomic E-state index is 15.8. The number of benzene rings is 7. The smallest absolute Gasteiger partial charge is 0.309 e. The summed E-state index contributed by atoms with van der Waals surface area (Å²) in [6, 6.07) is 41.3. The molecular formula is C41H23F6N. The number of fused-ring (bicyclic) bond motifs is 9. The van der Waals surface area contributed by atoms with Crippen molar-refractivity contribution >= 4 is 43.4 Å². The molecule has 1 nitrogen and oxygen atoms in total. The predicted molar refractivity (Wildman–Crippen MR) is 179 cm³/mol. The molecule has 1 heterocycles. The standard InChI is InChI=1S/C41H23F6N/c42-39(43)37-33-22-26(24-9-3-1-4-10-24)15-18-29(33)30-19-17-28(23-34(30)38(37)40(44,45)41(39,46)47)48-35-14-8-7-13-31(35)32-21-27(16-20-36(32)48)25-11-5-2-6-12-25/h1-23H. The first-order valence-electron chi connectivity index (χ1n) is 15.4. The number of hydrogen-bond acceptors (Lipinski definition) is 0. The highest BCUT2D eigenvalue weighted by Crippen LogP contribution is 2.66. The molecule has 0 fully saturated rings. The number of hydrogen-bond donors (Lipinski definition) is 0. The van der Waals surface area contributed by atoms with Crippen LogP contribution in [0.2, 0.25) is 0 Å². The molecule has 9 rings (SSSR count). The third-order valence-corrected chi connectivity index (χ3v) is 9.66. The highest BCUT2D eigenvalue weighted by molar-refractivity contribution is 6.14. The lowest BCUT2D eigenvalue weighted by atomic mass is 9.89. The van der Waals surface area contributed by atoms with Crippen LogP contribution in [0.3, 0.4) is 0 Å². The van der Waals surface area contributed by atoms with Gasteiger partial charge in [-0.2, -0.15) is 26.3 Å². The highest BCUT2D eigenvalue weighted by atomic mass is 19.3. The zero-order valence-electron chi connectivity index (χ0n) is 25.0. The molecule has 0 saturated carbocycles. The normalized spacial score (nSPS) is 16.2. The Morgan fingerprint density at radius 2 is 0.833 bits per heavy atom. The van der Waals surface area contributed by atoms with Gasteiger partial charge >= 0.3 is 17.8 Å². The van der Waals surface area contributed by atoms with Crippen molar-refractivity contribution in [3.05, 3.63) is 151 Å². The Kier molecular flexibility index (Phi) is 5.81. The van der Waals surface area contributed by atoms with Crippen LogP contribution in [0.1, 0.15) is 11.1 Å². The average Bonchev–Trinajstić information content (AvgIpc) is 3.49. The van der Waals surface area contributed by atoms with Crippen LogP contribution in [-0.2, 0) is 11.8 Å². The van der Waals surface area contributed by atoms with Gasteiger partial charge in [-0.3, -0.25) is 0 Å². The van der Waals surface area contributed by atoms with Crippen LogP contribution in [0, 0.1) is 0 Å². The van der Waals surface area contributed by atoms with E-state index in [2.05, 4.69) is 6.07 Å². The van der Waals surface area contributed by atoms with E-state index in [1.165, 1.54) is 12.1 Å². The average molecular weight is 644 g/mol. The lowest BCUT2D eigenvalue weighted by Crippen LogP contribution is -2.43. The van der Waals surface area contributed by atoms with Gasteiger partial charge in [0, 0.05) is 27.6 Å². The molecule has 0 aliphatic heterocycles. The summed E-state index contributed by atoms with van der Waals surface area (Å²) in [5, 5.41) is 1.51. The molecule has 0 N–H and O–H groups in total. The molecule has 1 aliphatic carbocycles. The molecule has 7 aromatic carbocycles. The van der Waals surface area contributed by atoms with Gasteiger partial charge in [0.1, 0.15) is 0 Å². The van der Waals surface area contributed by atoms with Gasteiger partial charge in [-0.15, -0.1) is 0 Å². The molecule has 7 heteroatoms. The van der Waals surface area contributed by atoms with Crippen molar-refractivity contribution in [1.82, 2.24) is 4.57 Å². The van der Waals surface area contributed by atoms with Gasteiger partial charge in [-0.05, 0) is 80.2 Å². The van der Waals surface area contributed by atoms with Crippen molar-refractivity contribution in [2.24, 2.45) is 0 Å². The van der Waals surface area contributed by atoms with E-state index in [1.807, 2.05) is 71.3 Å². The van der Waals surface area contributed by atoms with Crippen molar-refractivity contribution in [3.8, 4) is 27.9 Å². The Hall–Kier alpha value is -5.56. The summed E-state index contributed by atoms with van der Waals surface area (Å²) in [5.74, 6) is -15.9. The van der Waals surface area contributed by atoms with Crippen LogP contribution in [0.5, 0.6) is 0 Å². The first-order valence-corrected chi connectivity index (χ1v) is 15.4. The second-order valence-electron chi connectivity index (χ2n) is 12.3. The minimum absolute atomic E-state index is 0.187. The van der Waals surface area contributed by atoms with Gasteiger partial charge < -0.3 is 4.57 Å². The second kappa shape index (κ2) is 9.73. The van der Waals surface area contributed by atoms with Gasteiger partial charge in [0.15, 0.2) is 0 Å². The molecule has 0 spiro atoms. The number of nitrogens with zero attached hydrogens (tertiary/aromatic N) is 1. The van der Waals surface area contributed by atoms with E-state index < -0.39 is 28.9 Å². The van der Waals surface area contributed by atoms with Crippen LogP contribution in [0.15, 0.2) is 140 Å². The van der Waals surface area contributed by atoms with Crippen molar-refractivity contribution < 1.29 is 26.3 Å². The summed E-state index contributed by atoms with van der Waals surface area (Å²) >= 11 is 0. The third-order valence-electron chi connectivity index (χ3n) is 9.66. The van der Waals surface area contributed by atoms with Gasteiger partial charge in [-0.1, -0.05) is 103 Å². The first kappa shape index (κ1) is 28.6. The summed E-state index contributed by atoms with van der Waals surface area (Å²) in [5.41, 5.74) is 2.33. The summed E-state index contributed by atoms with van der Waals surface area (Å²) in [6.07, 6.45) is 0. The molecule has 0 radical (unpaired) electrons. The molecule has 0 saturated heterocycles. The van der Waals surface area contributed by atoms with Crippen LogP contribution >= 0.6 is 0 Å². The summed E-state index contributed by atoms with van der Waals surface area (Å²) in [4.78, 5) is 0. The van der Waals surface area contributed by atoms with Gasteiger partial charge in [0.25, 0.3) is 0 Å². The molecule has 0 unspecified atom stereocenters. The van der Waals surface area contributed by atoms with Gasteiger partial charge in [-0.25, -0.2) is 0 Å². The lowest BCUT2D eigenvalue weighted by Gasteiger charge is -2.23. The van der Waals surface area contributed by atoms with E-state index in [0.717, 1.165) is 32.9 Å². The number of rotatable bonds is 3. The topological polar surface area (TPSA) is 4.93 Å². The Labute approximate surface area is 270 Å². The fourth-order valence-electron chi connectivity index (χ4n) is 7.40. The number of para-hydroxylation sites is 1. The largest absolute Gasteiger partial charge is 0.380 e. The summed E-state index contributed by atoms with van der Waals surface area (Å²) in [6.45, 7) is 0. The number of aromatic nitrogens is 1. The quantitative estimate of drug-likeness (QED) is 0.133. The first-order chi connectivity index (χ1) is 23.1. The maximum absolute atomic E-state index is 15.8. The van der Waals surface area contributed by atoms with Gasteiger partial charge in [0.2, 0.25) is 0 Å². The Bertz CT molecular complexity index is 2590. The van der Waals surface area contributed by atoms with Crippen LogP contribution in [-0.4, -0.2) is 10.5 Å². The van der Waals surface area contributed by atoms with Crippen LogP contribution in [0.4, 0.5) is 26.3 Å². The van der Waals surface area contributed by atoms with E-state index in [0.29, 0.717) is 16.8 Å². The van der Waals surface area contributed by atoms with E-state index in [4.69, 9.17) is 0 Å². The SMILES string of the molecule is FC1(F)c2c(c3cc(-n4c5ccccc5c5cc(-c6ccccc6)ccc54)ccc3c3ccc(-c4ccccc4)cc23)C(F)(F)C1(F)F. The van der Waals surface area contributed by atoms with Gasteiger partial charge in [0.05, 0.1) is 11.0 Å². The van der Waals surface area contributed by atoms with Crippen molar-refractivity contribution in [2.45, 2.75) is 17.8 Å². The van der Waals surface area contributed by atoms with Crippen LogP contribution in [0.25, 0.3) is 71.3 Å². The van der Waals surface area contributed by atoms with Crippen molar-refractivity contribution in [3.63, 3.8) is 0 Å². The highest BCUT2D eigenvalue weighted by Gasteiger charge is 2.80. The molecule has 234 valence electrons. The van der Waals surface area contributed by atoms with E-state index >= 15 is 26.3 Å². The monoisotopic (exact) mass is 643 g/mol. The van der Waals surface area contributed by atoms with E-state index in [9.17, 15) is 0 Å². The molecule has 1 aliphatic rings. The fourth-order valence-corrected chi connectivity index (χ4v) is 7.40. The maximum Gasteiger partial charge on any atom is 0.380 e. The summed E-state index contributed by atoms with van der Waals surface area (Å²) in [7, 11) is 0. The van der Waals surface area contributed by atoms with Crippen molar-refractivity contribution in [1.29, 1.82) is 0 Å². The number of alkyl halides is 6. The molecule has 48 heavy (non-hydrogen) atoms. The summed E-state index contributed by atoms with van der Waals surface area (Å²) < 4.78 is 95.5. The molecule has 1 aromatic heterocycles. The Morgan fingerprint density at radius 3 is 1.46 bits per heavy atom. The Morgan fingerprint density at radius 1 is 0.354 bits per heavy atom. The lowest BCUT2D eigenvalue weighted by molar-refractivity contribution is -0.301. The Balaban J connectivity index is 1.36.